The molecule has 1 unspecified atom stereocenters. The van der Waals surface area contributed by atoms with E-state index in [1.165, 1.54) is 11.4 Å². The zero-order chi connectivity index (χ0) is 14.8. The van der Waals surface area contributed by atoms with Crippen LogP contribution in [0.15, 0.2) is 0 Å². The van der Waals surface area contributed by atoms with E-state index in [9.17, 15) is 18.0 Å². The summed E-state index contributed by atoms with van der Waals surface area (Å²) in [4.78, 5) is 23.9. The van der Waals surface area contributed by atoms with Crippen LogP contribution in [-0.4, -0.2) is 66.5 Å². The highest BCUT2D eigenvalue weighted by atomic mass is 32.2. The average molecular weight is 292 g/mol. The van der Waals surface area contributed by atoms with Crippen molar-refractivity contribution < 1.29 is 23.1 Å². The minimum Gasteiger partial charge on any atom is -0.480 e. The summed E-state index contributed by atoms with van der Waals surface area (Å²) < 4.78 is 25.0. The third-order valence-electron chi connectivity index (χ3n) is 3.08. The van der Waals surface area contributed by atoms with Crippen molar-refractivity contribution in [1.29, 1.82) is 0 Å². The number of carbonyl (C=O) groups is 2. The molecule has 0 spiro atoms. The molecule has 1 heterocycles. The maximum absolute atomic E-state index is 12.3. The third kappa shape index (κ3) is 3.66. The largest absolute Gasteiger partial charge is 0.480 e. The van der Waals surface area contributed by atoms with E-state index in [0.717, 1.165) is 4.90 Å². The number of carbonyl (C=O) groups excluding carboxylic acids is 1. The average Bonchev–Trinajstić information content (AvgIpc) is 2.57. The molecule has 0 aliphatic carbocycles. The Bertz CT molecular complexity index is 460. The number of nitrogens with zero attached hydrogens (tertiary/aromatic N) is 2. The van der Waals surface area contributed by atoms with Gasteiger partial charge in [0.1, 0.15) is 12.6 Å². The van der Waals surface area contributed by atoms with Crippen molar-refractivity contribution in [2.24, 2.45) is 5.92 Å². The van der Waals surface area contributed by atoms with E-state index in [4.69, 9.17) is 5.11 Å². The van der Waals surface area contributed by atoms with Gasteiger partial charge >= 0.3 is 5.97 Å². The molecule has 0 aromatic carbocycles. The van der Waals surface area contributed by atoms with Crippen molar-refractivity contribution in [2.75, 3.05) is 25.9 Å². The van der Waals surface area contributed by atoms with Crippen molar-refractivity contribution in [1.82, 2.24) is 9.21 Å². The zero-order valence-electron chi connectivity index (χ0n) is 11.4. The fraction of sp³-hybridized carbons (Fsp3) is 0.818. The van der Waals surface area contributed by atoms with Gasteiger partial charge in [-0.25, -0.2) is 8.42 Å². The molecule has 0 saturated carbocycles. The van der Waals surface area contributed by atoms with Crippen LogP contribution in [0, 0.1) is 5.92 Å². The maximum Gasteiger partial charge on any atom is 0.323 e. The molecule has 1 aliphatic heterocycles. The summed E-state index contributed by atoms with van der Waals surface area (Å²) in [6, 6.07) is -0.822. The number of hydrogen-bond donors (Lipinski definition) is 1. The van der Waals surface area contributed by atoms with Crippen LogP contribution in [0.1, 0.15) is 20.3 Å². The molecular weight excluding hydrogens is 272 g/mol. The summed E-state index contributed by atoms with van der Waals surface area (Å²) in [5.74, 6) is -1.76. The Kier molecular flexibility index (Phi) is 4.92. The lowest BCUT2D eigenvalue weighted by atomic mass is 10.0. The van der Waals surface area contributed by atoms with E-state index in [2.05, 4.69) is 0 Å². The summed E-state index contributed by atoms with van der Waals surface area (Å²) >= 11 is 0. The molecule has 19 heavy (non-hydrogen) atoms. The predicted molar refractivity (Wildman–Crippen MR) is 69.0 cm³/mol. The Morgan fingerprint density at radius 2 is 1.95 bits per heavy atom. The second kappa shape index (κ2) is 5.87. The van der Waals surface area contributed by atoms with Gasteiger partial charge in [0.25, 0.3) is 0 Å². The van der Waals surface area contributed by atoms with Crippen LogP contribution < -0.4 is 0 Å². The van der Waals surface area contributed by atoms with Crippen LogP contribution in [0.2, 0.25) is 0 Å². The molecule has 110 valence electrons. The first-order chi connectivity index (χ1) is 8.66. The lowest BCUT2D eigenvalue weighted by molar-refractivity contribution is -0.145. The van der Waals surface area contributed by atoms with E-state index in [0.29, 0.717) is 13.0 Å². The summed E-state index contributed by atoms with van der Waals surface area (Å²) in [5, 5.41) is 8.70. The molecular formula is C11H20N2O5S. The minimum atomic E-state index is -3.40. The van der Waals surface area contributed by atoms with Gasteiger partial charge in [-0.15, -0.1) is 0 Å². The zero-order valence-corrected chi connectivity index (χ0v) is 12.2. The van der Waals surface area contributed by atoms with Gasteiger partial charge in [-0.1, -0.05) is 13.8 Å². The molecule has 1 fully saturated rings. The first-order valence-electron chi connectivity index (χ1n) is 6.13. The molecule has 1 rings (SSSR count). The quantitative estimate of drug-likeness (QED) is 0.743. The Morgan fingerprint density at radius 3 is 2.32 bits per heavy atom. The van der Waals surface area contributed by atoms with Gasteiger partial charge < -0.3 is 10.0 Å². The lowest BCUT2D eigenvalue weighted by Gasteiger charge is -2.31. The van der Waals surface area contributed by atoms with Crippen molar-refractivity contribution in [3.05, 3.63) is 0 Å². The number of carboxylic acid groups (broad SMARTS) is 1. The van der Waals surface area contributed by atoms with Gasteiger partial charge in [0.2, 0.25) is 15.9 Å². The van der Waals surface area contributed by atoms with Gasteiger partial charge in [0.15, 0.2) is 0 Å². The van der Waals surface area contributed by atoms with Gasteiger partial charge in [-0.3, -0.25) is 9.59 Å². The van der Waals surface area contributed by atoms with E-state index < -0.39 is 34.5 Å². The van der Waals surface area contributed by atoms with E-state index >= 15 is 0 Å². The number of carboxylic acids is 1. The highest BCUT2D eigenvalue weighted by molar-refractivity contribution is 7.89. The number of aliphatic carboxylic acids is 1. The second-order valence-corrected chi connectivity index (χ2v) is 7.10. The third-order valence-corrected chi connectivity index (χ3v) is 5.01. The first kappa shape index (κ1) is 15.9. The van der Waals surface area contributed by atoms with Gasteiger partial charge in [0.05, 0.1) is 5.75 Å². The maximum atomic E-state index is 12.3. The molecule has 0 aromatic heterocycles. The van der Waals surface area contributed by atoms with Crippen LogP contribution in [0.4, 0.5) is 0 Å². The van der Waals surface area contributed by atoms with Crippen LogP contribution >= 0.6 is 0 Å². The fourth-order valence-corrected chi connectivity index (χ4v) is 4.03. The molecule has 0 bridgehead atoms. The fourth-order valence-electron chi connectivity index (χ4n) is 2.22. The molecule has 1 saturated heterocycles. The van der Waals surface area contributed by atoms with Crippen molar-refractivity contribution >= 4 is 21.9 Å². The number of hydrogen-bond acceptors (Lipinski definition) is 4. The monoisotopic (exact) mass is 292 g/mol. The summed E-state index contributed by atoms with van der Waals surface area (Å²) in [6.07, 6.45) is 0.501. The minimum absolute atomic E-state index is 0.0478. The van der Waals surface area contributed by atoms with Crippen molar-refractivity contribution in [2.45, 2.75) is 26.3 Å². The summed E-state index contributed by atoms with van der Waals surface area (Å²) in [7, 11) is -2.03. The molecule has 0 aromatic rings. The van der Waals surface area contributed by atoms with Crippen molar-refractivity contribution in [3.8, 4) is 0 Å². The van der Waals surface area contributed by atoms with E-state index in [1.807, 2.05) is 0 Å². The molecule has 7 nitrogen and oxygen atoms in total. The number of sulfonamides is 1. The number of likely N-dealkylation sites (N-methyl/N-ethyl adjacent to an activating group) is 1. The predicted octanol–water partition coefficient (Wildman–Crippen LogP) is -0.410. The molecule has 1 N–H and O–H groups in total. The summed E-state index contributed by atoms with van der Waals surface area (Å²) in [6.45, 7) is 3.39. The normalized spacial score (nSPS) is 20.4. The Balaban J connectivity index is 2.95. The number of rotatable bonds is 5. The molecule has 8 heteroatoms. The van der Waals surface area contributed by atoms with Crippen LogP contribution in [-0.2, 0) is 19.6 Å². The number of amides is 1. The highest BCUT2D eigenvalue weighted by Gasteiger charge is 2.41. The van der Waals surface area contributed by atoms with Gasteiger partial charge in [-0.05, 0) is 12.3 Å². The summed E-state index contributed by atoms with van der Waals surface area (Å²) in [5.41, 5.74) is 0. The highest BCUT2D eigenvalue weighted by Crippen LogP contribution is 2.23. The van der Waals surface area contributed by atoms with Crippen LogP contribution in [0.3, 0.4) is 0 Å². The van der Waals surface area contributed by atoms with Gasteiger partial charge in [0, 0.05) is 13.6 Å². The molecule has 0 radical (unpaired) electrons. The Morgan fingerprint density at radius 1 is 1.37 bits per heavy atom. The lowest BCUT2D eigenvalue weighted by Crippen LogP contribution is -2.51. The van der Waals surface area contributed by atoms with E-state index in [1.54, 1.807) is 13.8 Å². The second-order valence-electron chi connectivity index (χ2n) is 5.06. The van der Waals surface area contributed by atoms with Gasteiger partial charge in [-0.2, -0.15) is 4.31 Å². The van der Waals surface area contributed by atoms with Crippen molar-refractivity contribution in [3.63, 3.8) is 0 Å². The molecule has 1 atom stereocenters. The molecule has 1 aliphatic rings. The standard InChI is InChI=1S/C11H20N2O5S/c1-8(2)10(11(16)12(3)7-9(14)15)13-5-4-6-19(13,17)18/h8,10H,4-7H2,1-3H3,(H,14,15). The van der Waals surface area contributed by atoms with Crippen LogP contribution in [0.5, 0.6) is 0 Å². The SMILES string of the molecule is CC(C)C(C(=O)N(C)CC(=O)O)N1CCCS1(=O)=O. The smallest absolute Gasteiger partial charge is 0.323 e. The topological polar surface area (TPSA) is 95.0 Å². The van der Waals surface area contributed by atoms with E-state index in [-0.39, 0.29) is 11.7 Å². The Hall–Kier alpha value is -1.15. The first-order valence-corrected chi connectivity index (χ1v) is 7.74. The molecule has 1 amide bonds. The Labute approximate surface area is 113 Å². The van der Waals surface area contributed by atoms with Crippen LogP contribution in [0.25, 0.3) is 0 Å².